The van der Waals surface area contributed by atoms with Gasteiger partial charge in [-0.2, -0.15) is 0 Å². The lowest BCUT2D eigenvalue weighted by atomic mass is 9.66. The van der Waals surface area contributed by atoms with Crippen LogP contribution in [-0.4, -0.2) is 36.3 Å². The Hall–Kier alpha value is -2.15. The normalized spacial score (nSPS) is 21.4. The molecule has 7 heteroatoms. The Morgan fingerprint density at radius 3 is 2.76 bits per heavy atom. The molecule has 136 valence electrons. The van der Waals surface area contributed by atoms with E-state index in [2.05, 4.69) is 5.32 Å². The maximum atomic E-state index is 13.6. The highest BCUT2D eigenvalue weighted by Gasteiger charge is 2.45. The van der Waals surface area contributed by atoms with Crippen molar-refractivity contribution in [2.45, 2.75) is 44.6 Å². The summed E-state index contributed by atoms with van der Waals surface area (Å²) in [4.78, 5) is 23.7. The zero-order valence-electron chi connectivity index (χ0n) is 13.9. The van der Waals surface area contributed by atoms with E-state index in [0.29, 0.717) is 31.8 Å². The van der Waals surface area contributed by atoms with E-state index in [4.69, 9.17) is 9.47 Å². The molecule has 1 saturated carbocycles. The third-order valence-corrected chi connectivity index (χ3v) is 4.93. The number of halogens is 1. The highest BCUT2D eigenvalue weighted by atomic mass is 19.1. The van der Waals surface area contributed by atoms with Crippen LogP contribution in [0.4, 0.5) is 10.1 Å². The standard InChI is InChI=1S/C18H22FNO5/c19-12-4-5-15(25-11-13-3-1-8-24-13)14(9-12)20-16(21)10-18(17(22)23)6-2-7-18/h4-5,9,13H,1-3,6-8,10-11H2,(H,20,21)(H,22,23). The van der Waals surface area contributed by atoms with Crippen molar-refractivity contribution < 1.29 is 28.6 Å². The largest absolute Gasteiger partial charge is 0.489 e. The minimum atomic E-state index is -0.990. The number of amides is 1. The van der Waals surface area contributed by atoms with Crippen molar-refractivity contribution in [3.63, 3.8) is 0 Å². The SMILES string of the molecule is O=C(CC1(C(=O)O)CCC1)Nc1cc(F)ccc1OCC1CCCO1. The monoisotopic (exact) mass is 351 g/mol. The van der Waals surface area contributed by atoms with Gasteiger partial charge in [-0.1, -0.05) is 6.42 Å². The van der Waals surface area contributed by atoms with Crippen LogP contribution in [0.15, 0.2) is 18.2 Å². The van der Waals surface area contributed by atoms with E-state index in [1.54, 1.807) is 0 Å². The fraction of sp³-hybridized carbons (Fsp3) is 0.556. The van der Waals surface area contributed by atoms with Crippen LogP contribution in [0.5, 0.6) is 5.75 Å². The molecule has 1 aliphatic carbocycles. The highest BCUT2D eigenvalue weighted by Crippen LogP contribution is 2.44. The Morgan fingerprint density at radius 1 is 1.36 bits per heavy atom. The molecule has 0 spiro atoms. The maximum Gasteiger partial charge on any atom is 0.310 e. The Bertz CT molecular complexity index is 653. The van der Waals surface area contributed by atoms with Crippen LogP contribution in [-0.2, 0) is 14.3 Å². The number of nitrogens with one attached hydrogen (secondary N) is 1. The molecule has 0 radical (unpaired) electrons. The van der Waals surface area contributed by atoms with Gasteiger partial charge in [0.25, 0.3) is 0 Å². The van der Waals surface area contributed by atoms with Crippen molar-refractivity contribution in [1.29, 1.82) is 0 Å². The lowest BCUT2D eigenvalue weighted by Gasteiger charge is -2.36. The molecule has 0 bridgehead atoms. The number of carbonyl (C=O) groups excluding carboxylic acids is 1. The van der Waals surface area contributed by atoms with Gasteiger partial charge in [-0.15, -0.1) is 0 Å². The van der Waals surface area contributed by atoms with Gasteiger partial charge in [-0.25, -0.2) is 4.39 Å². The van der Waals surface area contributed by atoms with E-state index in [1.165, 1.54) is 18.2 Å². The minimum absolute atomic E-state index is 0.00105. The fourth-order valence-electron chi connectivity index (χ4n) is 3.26. The van der Waals surface area contributed by atoms with Crippen molar-refractivity contribution in [1.82, 2.24) is 0 Å². The smallest absolute Gasteiger partial charge is 0.310 e. The van der Waals surface area contributed by atoms with Gasteiger partial charge in [0.1, 0.15) is 18.2 Å². The molecule has 6 nitrogen and oxygen atoms in total. The molecule has 1 unspecified atom stereocenters. The predicted octanol–water partition coefficient (Wildman–Crippen LogP) is 2.97. The second-order valence-electron chi connectivity index (χ2n) is 6.75. The first kappa shape index (κ1) is 17.7. The van der Waals surface area contributed by atoms with Gasteiger partial charge in [0.05, 0.1) is 17.2 Å². The van der Waals surface area contributed by atoms with Crippen LogP contribution in [0.25, 0.3) is 0 Å². The molecule has 1 aliphatic heterocycles. The zero-order chi connectivity index (χ0) is 17.9. The summed E-state index contributed by atoms with van der Waals surface area (Å²) in [5.74, 6) is -1.56. The van der Waals surface area contributed by atoms with Crippen LogP contribution < -0.4 is 10.1 Å². The van der Waals surface area contributed by atoms with Crippen LogP contribution in [0.2, 0.25) is 0 Å². The van der Waals surface area contributed by atoms with Crippen LogP contribution in [0, 0.1) is 11.2 Å². The molecule has 2 aliphatic rings. The van der Waals surface area contributed by atoms with Gasteiger partial charge in [-0.3, -0.25) is 9.59 Å². The molecule has 3 rings (SSSR count). The van der Waals surface area contributed by atoms with E-state index in [-0.39, 0.29) is 18.2 Å². The number of carboxylic acid groups (broad SMARTS) is 1. The summed E-state index contributed by atoms with van der Waals surface area (Å²) >= 11 is 0. The fourth-order valence-corrected chi connectivity index (χ4v) is 3.26. The summed E-state index contributed by atoms with van der Waals surface area (Å²) in [5.41, 5.74) is -0.779. The number of carbonyl (C=O) groups is 2. The van der Waals surface area contributed by atoms with Gasteiger partial charge in [-0.05, 0) is 37.8 Å². The molecule has 2 N–H and O–H groups in total. The summed E-state index contributed by atoms with van der Waals surface area (Å²) < 4.78 is 24.7. The van der Waals surface area contributed by atoms with Crippen molar-refractivity contribution in [3.05, 3.63) is 24.0 Å². The van der Waals surface area contributed by atoms with E-state index in [9.17, 15) is 19.1 Å². The topological polar surface area (TPSA) is 84.9 Å². The Labute approximate surface area is 145 Å². The second-order valence-corrected chi connectivity index (χ2v) is 6.75. The van der Waals surface area contributed by atoms with Crippen molar-refractivity contribution in [2.75, 3.05) is 18.5 Å². The Kier molecular flexibility index (Phi) is 5.22. The van der Waals surface area contributed by atoms with Gasteiger partial charge in [0, 0.05) is 19.1 Å². The third kappa shape index (κ3) is 4.10. The van der Waals surface area contributed by atoms with E-state index in [0.717, 1.165) is 19.3 Å². The average molecular weight is 351 g/mol. The first-order valence-corrected chi connectivity index (χ1v) is 8.56. The van der Waals surface area contributed by atoms with Gasteiger partial charge >= 0.3 is 5.97 Å². The van der Waals surface area contributed by atoms with Crippen molar-refractivity contribution in [2.24, 2.45) is 5.41 Å². The van der Waals surface area contributed by atoms with Crippen LogP contribution in [0.3, 0.4) is 0 Å². The lowest BCUT2D eigenvalue weighted by Crippen LogP contribution is -2.41. The molecular weight excluding hydrogens is 329 g/mol. The molecule has 0 aromatic heterocycles. The van der Waals surface area contributed by atoms with Crippen molar-refractivity contribution >= 4 is 17.6 Å². The van der Waals surface area contributed by atoms with Gasteiger partial charge in [0.15, 0.2) is 0 Å². The number of aliphatic carboxylic acids is 1. The summed E-state index contributed by atoms with van der Waals surface area (Å²) in [5, 5.41) is 11.9. The van der Waals surface area contributed by atoms with Crippen LogP contribution >= 0.6 is 0 Å². The minimum Gasteiger partial charge on any atom is -0.489 e. The molecule has 1 aromatic rings. The van der Waals surface area contributed by atoms with E-state index < -0.39 is 23.1 Å². The molecule has 1 aromatic carbocycles. The number of anilines is 1. The number of carboxylic acids is 1. The average Bonchev–Trinajstić information content (AvgIpc) is 3.03. The van der Waals surface area contributed by atoms with E-state index in [1.807, 2.05) is 0 Å². The number of hydrogen-bond acceptors (Lipinski definition) is 4. The second kappa shape index (κ2) is 7.39. The zero-order valence-corrected chi connectivity index (χ0v) is 13.9. The Morgan fingerprint density at radius 2 is 2.16 bits per heavy atom. The third-order valence-electron chi connectivity index (χ3n) is 4.93. The highest BCUT2D eigenvalue weighted by molar-refractivity contribution is 5.95. The lowest BCUT2D eigenvalue weighted by molar-refractivity contribution is -0.157. The molecule has 25 heavy (non-hydrogen) atoms. The number of ether oxygens (including phenoxy) is 2. The number of hydrogen-bond donors (Lipinski definition) is 2. The summed E-state index contributed by atoms with van der Waals surface area (Å²) in [6, 6.07) is 3.89. The first-order chi connectivity index (χ1) is 12.0. The molecular formula is C18H22FNO5. The quantitative estimate of drug-likeness (QED) is 0.789. The maximum absolute atomic E-state index is 13.6. The number of rotatable bonds is 7. The van der Waals surface area contributed by atoms with E-state index >= 15 is 0 Å². The summed E-state index contributed by atoms with van der Waals surface area (Å²) in [6.07, 6.45) is 3.54. The Balaban J connectivity index is 1.64. The predicted molar refractivity (Wildman–Crippen MR) is 88.0 cm³/mol. The van der Waals surface area contributed by atoms with Gasteiger partial charge < -0.3 is 19.9 Å². The number of benzene rings is 1. The molecule has 1 saturated heterocycles. The summed E-state index contributed by atoms with van der Waals surface area (Å²) in [7, 11) is 0. The van der Waals surface area contributed by atoms with Crippen molar-refractivity contribution in [3.8, 4) is 5.75 Å². The summed E-state index contributed by atoms with van der Waals surface area (Å²) in [6.45, 7) is 1.03. The first-order valence-electron chi connectivity index (χ1n) is 8.56. The van der Waals surface area contributed by atoms with Gasteiger partial charge in [0.2, 0.25) is 5.91 Å². The van der Waals surface area contributed by atoms with Crippen LogP contribution in [0.1, 0.15) is 38.5 Å². The molecule has 1 atom stereocenters. The molecule has 1 heterocycles. The molecule has 2 fully saturated rings. The molecule has 1 amide bonds.